The topological polar surface area (TPSA) is 33.0 Å². The number of nitrogens with zero attached hydrogens (tertiary/aromatic N) is 1. The van der Waals surface area contributed by atoms with Crippen LogP contribution in [-0.4, -0.2) is 6.61 Å². The highest BCUT2D eigenvalue weighted by Gasteiger charge is 2.16. The largest absolute Gasteiger partial charge is 0.493 e. The van der Waals surface area contributed by atoms with Gasteiger partial charge in [-0.2, -0.15) is 5.26 Å². The molecule has 1 aromatic carbocycles. The van der Waals surface area contributed by atoms with E-state index in [4.69, 9.17) is 21.6 Å². The number of ether oxygens (including phenoxy) is 1. The minimum absolute atomic E-state index is 0.203. The smallest absolute Gasteiger partial charge is 0.123 e. The third-order valence-electron chi connectivity index (χ3n) is 2.45. The van der Waals surface area contributed by atoms with Crippen molar-refractivity contribution in [3.8, 4) is 11.8 Å². The standard InChI is InChI=1S/C13H15ClFNO/c1-13(2,9-16)5-6-17-12-4-3-11(15)7-10(12)8-14/h3-4,7H,5-6,8H2,1-2H3. The van der Waals surface area contributed by atoms with Gasteiger partial charge in [0.2, 0.25) is 0 Å². The summed E-state index contributed by atoms with van der Waals surface area (Å²) in [6.07, 6.45) is 0.614. The molecule has 17 heavy (non-hydrogen) atoms. The molecule has 0 N–H and O–H groups in total. The second kappa shape index (κ2) is 5.88. The average Bonchev–Trinajstić information content (AvgIpc) is 2.30. The van der Waals surface area contributed by atoms with Crippen molar-refractivity contribution in [3.05, 3.63) is 29.6 Å². The van der Waals surface area contributed by atoms with Crippen molar-refractivity contribution in [2.75, 3.05) is 6.61 Å². The summed E-state index contributed by atoms with van der Waals surface area (Å²) in [5, 5.41) is 8.85. The number of halogens is 2. The van der Waals surface area contributed by atoms with Gasteiger partial charge in [-0.25, -0.2) is 4.39 Å². The molecule has 0 aliphatic rings. The van der Waals surface area contributed by atoms with Gasteiger partial charge in [0.05, 0.1) is 24.0 Å². The zero-order valence-electron chi connectivity index (χ0n) is 9.96. The van der Waals surface area contributed by atoms with Gasteiger partial charge in [-0.3, -0.25) is 0 Å². The summed E-state index contributed by atoms with van der Waals surface area (Å²) in [7, 11) is 0. The van der Waals surface area contributed by atoms with Gasteiger partial charge in [0.25, 0.3) is 0 Å². The number of nitriles is 1. The highest BCUT2D eigenvalue weighted by atomic mass is 35.5. The fraction of sp³-hybridized carbons (Fsp3) is 0.462. The van der Waals surface area contributed by atoms with E-state index in [9.17, 15) is 4.39 Å². The molecule has 0 saturated heterocycles. The van der Waals surface area contributed by atoms with Crippen LogP contribution in [0.4, 0.5) is 4.39 Å². The third kappa shape index (κ3) is 4.24. The lowest BCUT2D eigenvalue weighted by Crippen LogP contribution is -2.13. The first-order valence-electron chi connectivity index (χ1n) is 5.37. The minimum Gasteiger partial charge on any atom is -0.493 e. The van der Waals surface area contributed by atoms with E-state index < -0.39 is 5.41 Å². The fourth-order valence-electron chi connectivity index (χ4n) is 1.27. The van der Waals surface area contributed by atoms with Crippen molar-refractivity contribution in [2.24, 2.45) is 5.41 Å². The Morgan fingerprint density at radius 1 is 1.47 bits per heavy atom. The van der Waals surface area contributed by atoms with Crippen molar-refractivity contribution >= 4 is 11.6 Å². The Morgan fingerprint density at radius 2 is 2.18 bits per heavy atom. The summed E-state index contributed by atoms with van der Waals surface area (Å²) in [5.41, 5.74) is 0.211. The van der Waals surface area contributed by atoms with Gasteiger partial charge in [-0.15, -0.1) is 11.6 Å². The Kier molecular flexibility index (Phi) is 4.77. The van der Waals surface area contributed by atoms with E-state index in [2.05, 4.69) is 6.07 Å². The molecule has 0 fully saturated rings. The summed E-state index contributed by atoms with van der Waals surface area (Å²) >= 11 is 5.70. The minimum atomic E-state index is -0.416. The molecule has 0 unspecified atom stereocenters. The number of benzene rings is 1. The first-order chi connectivity index (χ1) is 7.98. The number of hydrogen-bond acceptors (Lipinski definition) is 2. The van der Waals surface area contributed by atoms with Crippen molar-refractivity contribution in [2.45, 2.75) is 26.1 Å². The Hall–Kier alpha value is -1.27. The highest BCUT2D eigenvalue weighted by Crippen LogP contribution is 2.24. The Bertz CT molecular complexity index is 426. The van der Waals surface area contributed by atoms with Gasteiger partial charge in [-0.05, 0) is 38.5 Å². The molecule has 0 spiro atoms. The van der Waals surface area contributed by atoms with Crippen molar-refractivity contribution < 1.29 is 9.13 Å². The molecule has 0 atom stereocenters. The Balaban J connectivity index is 2.61. The Morgan fingerprint density at radius 3 is 2.76 bits per heavy atom. The molecule has 0 radical (unpaired) electrons. The van der Waals surface area contributed by atoms with Gasteiger partial charge in [-0.1, -0.05) is 0 Å². The molecule has 1 rings (SSSR count). The van der Waals surface area contributed by atoms with E-state index in [0.29, 0.717) is 24.3 Å². The van der Waals surface area contributed by atoms with E-state index in [1.807, 2.05) is 13.8 Å². The molecule has 4 heteroatoms. The molecule has 0 saturated carbocycles. The monoisotopic (exact) mass is 255 g/mol. The number of rotatable bonds is 5. The van der Waals surface area contributed by atoms with Crippen LogP contribution in [0.15, 0.2) is 18.2 Å². The van der Waals surface area contributed by atoms with Crippen LogP contribution in [-0.2, 0) is 5.88 Å². The van der Waals surface area contributed by atoms with Crippen LogP contribution in [0, 0.1) is 22.6 Å². The molecular weight excluding hydrogens is 241 g/mol. The second-order valence-electron chi connectivity index (χ2n) is 4.48. The first-order valence-corrected chi connectivity index (χ1v) is 5.90. The number of alkyl halides is 1. The van der Waals surface area contributed by atoms with Gasteiger partial charge < -0.3 is 4.74 Å². The van der Waals surface area contributed by atoms with Crippen LogP contribution < -0.4 is 4.74 Å². The maximum atomic E-state index is 12.9. The maximum Gasteiger partial charge on any atom is 0.123 e. The molecule has 0 amide bonds. The zero-order chi connectivity index (χ0) is 12.9. The molecule has 0 aliphatic carbocycles. The van der Waals surface area contributed by atoms with Crippen LogP contribution in [0.25, 0.3) is 0 Å². The highest BCUT2D eigenvalue weighted by molar-refractivity contribution is 6.17. The molecule has 1 aromatic rings. The van der Waals surface area contributed by atoms with Crippen LogP contribution in [0.5, 0.6) is 5.75 Å². The predicted molar refractivity (Wildman–Crippen MR) is 65.5 cm³/mol. The molecule has 92 valence electrons. The van der Waals surface area contributed by atoms with E-state index in [-0.39, 0.29) is 11.7 Å². The maximum absolute atomic E-state index is 12.9. The van der Waals surface area contributed by atoms with E-state index in [1.165, 1.54) is 12.1 Å². The van der Waals surface area contributed by atoms with Crippen molar-refractivity contribution in [3.63, 3.8) is 0 Å². The van der Waals surface area contributed by atoms with Crippen LogP contribution in [0.3, 0.4) is 0 Å². The molecule has 2 nitrogen and oxygen atoms in total. The van der Waals surface area contributed by atoms with Crippen LogP contribution in [0.2, 0.25) is 0 Å². The summed E-state index contributed by atoms with van der Waals surface area (Å²) < 4.78 is 18.5. The molecular formula is C13H15ClFNO. The zero-order valence-corrected chi connectivity index (χ0v) is 10.7. The third-order valence-corrected chi connectivity index (χ3v) is 2.74. The number of hydrogen-bond donors (Lipinski definition) is 0. The molecule has 0 aromatic heterocycles. The summed E-state index contributed by atoms with van der Waals surface area (Å²) in [6.45, 7) is 4.11. The van der Waals surface area contributed by atoms with Crippen molar-refractivity contribution in [1.29, 1.82) is 5.26 Å². The van der Waals surface area contributed by atoms with E-state index in [1.54, 1.807) is 6.07 Å². The quantitative estimate of drug-likeness (QED) is 0.748. The fourth-order valence-corrected chi connectivity index (χ4v) is 1.47. The average molecular weight is 256 g/mol. The van der Waals surface area contributed by atoms with Crippen molar-refractivity contribution in [1.82, 2.24) is 0 Å². The normalized spacial score (nSPS) is 11.0. The predicted octanol–water partition coefficient (Wildman–Crippen LogP) is 3.88. The SMILES string of the molecule is CC(C)(C#N)CCOc1ccc(F)cc1CCl. The lowest BCUT2D eigenvalue weighted by Gasteiger charge is -2.16. The van der Waals surface area contributed by atoms with E-state index in [0.717, 1.165) is 0 Å². The molecule has 0 aliphatic heterocycles. The second-order valence-corrected chi connectivity index (χ2v) is 4.75. The summed E-state index contributed by atoms with van der Waals surface area (Å²) in [6, 6.07) is 6.45. The lowest BCUT2D eigenvalue weighted by molar-refractivity contribution is 0.262. The van der Waals surface area contributed by atoms with Gasteiger partial charge in [0, 0.05) is 5.56 Å². The lowest BCUT2D eigenvalue weighted by atomic mass is 9.92. The van der Waals surface area contributed by atoms with Gasteiger partial charge in [0.15, 0.2) is 0 Å². The molecule has 0 heterocycles. The van der Waals surface area contributed by atoms with Gasteiger partial charge in [0.1, 0.15) is 11.6 Å². The summed E-state index contributed by atoms with van der Waals surface area (Å²) in [4.78, 5) is 0. The van der Waals surface area contributed by atoms with Crippen LogP contribution >= 0.6 is 11.6 Å². The first kappa shape index (κ1) is 13.8. The van der Waals surface area contributed by atoms with Gasteiger partial charge >= 0.3 is 0 Å². The van der Waals surface area contributed by atoms with E-state index >= 15 is 0 Å². The summed E-state index contributed by atoms with van der Waals surface area (Å²) in [5.74, 6) is 0.454. The van der Waals surface area contributed by atoms with Crippen LogP contribution in [0.1, 0.15) is 25.8 Å². The Labute approximate surface area is 106 Å². The molecule has 0 bridgehead atoms.